The molecule has 75 heavy (non-hydrogen) atoms. The number of fused-ring (bicyclic) bond motifs is 11. The maximum absolute atomic E-state index is 6.63. The van der Waals surface area contributed by atoms with Crippen LogP contribution < -0.4 is 4.90 Å². The molecule has 0 fully saturated rings. The van der Waals surface area contributed by atoms with Crippen molar-refractivity contribution < 1.29 is 4.42 Å². The number of nitrogens with zero attached hydrogens (tertiary/aromatic N) is 2. The minimum Gasteiger partial charge on any atom is -0.455 e. The van der Waals surface area contributed by atoms with Crippen molar-refractivity contribution in [2.24, 2.45) is 0 Å². The highest BCUT2D eigenvalue weighted by Gasteiger charge is 2.20. The molecule has 0 spiro atoms. The van der Waals surface area contributed by atoms with Gasteiger partial charge in [0.2, 0.25) is 0 Å². The van der Waals surface area contributed by atoms with Crippen molar-refractivity contribution in [1.29, 1.82) is 0 Å². The zero-order valence-electron chi connectivity index (χ0n) is 40.9. The molecule has 0 bridgehead atoms. The van der Waals surface area contributed by atoms with Crippen molar-refractivity contribution in [3.05, 3.63) is 279 Å². The predicted octanol–water partition coefficient (Wildman–Crippen LogP) is 20.3. The number of hydrogen-bond donors (Lipinski definition) is 0. The summed E-state index contributed by atoms with van der Waals surface area (Å²) in [6.07, 6.45) is 0. The van der Waals surface area contributed by atoms with E-state index in [-0.39, 0.29) is 0 Å². The van der Waals surface area contributed by atoms with E-state index in [0.717, 1.165) is 89.0 Å². The molecule has 2 aromatic heterocycles. The van der Waals surface area contributed by atoms with Gasteiger partial charge in [-0.25, -0.2) is 0 Å². The summed E-state index contributed by atoms with van der Waals surface area (Å²) in [6, 6.07) is 102. The van der Waals surface area contributed by atoms with Gasteiger partial charge in [0.25, 0.3) is 0 Å². The van der Waals surface area contributed by atoms with Crippen LogP contribution in [0.3, 0.4) is 0 Å². The molecule has 3 heteroatoms. The van der Waals surface area contributed by atoms with Gasteiger partial charge in [0.15, 0.2) is 0 Å². The van der Waals surface area contributed by atoms with Crippen molar-refractivity contribution in [3.8, 4) is 50.2 Å². The lowest BCUT2D eigenvalue weighted by Crippen LogP contribution is -2.11. The zero-order valence-corrected chi connectivity index (χ0v) is 40.9. The Morgan fingerprint density at radius 3 is 1.49 bits per heavy atom. The first kappa shape index (κ1) is 42.7. The Hall–Kier alpha value is -9.96. The first-order chi connectivity index (χ1) is 37.2. The molecule has 0 radical (unpaired) electrons. The summed E-state index contributed by atoms with van der Waals surface area (Å²) < 4.78 is 9.02. The fourth-order valence-corrected chi connectivity index (χ4v) is 11.7. The Bertz CT molecular complexity index is 4640. The fraction of sp³-hybridized carbons (Fsp3) is 0. The zero-order chi connectivity index (χ0) is 49.4. The van der Waals surface area contributed by atoms with Crippen molar-refractivity contribution in [3.63, 3.8) is 0 Å². The molecule has 0 amide bonds. The van der Waals surface area contributed by atoms with Crippen molar-refractivity contribution in [2.75, 3.05) is 4.90 Å². The fourth-order valence-electron chi connectivity index (χ4n) is 11.7. The highest BCUT2D eigenvalue weighted by atomic mass is 16.3. The predicted molar refractivity (Wildman–Crippen MR) is 317 cm³/mol. The number of para-hydroxylation sites is 2. The van der Waals surface area contributed by atoms with Gasteiger partial charge in [0, 0.05) is 49.6 Å². The summed E-state index contributed by atoms with van der Waals surface area (Å²) in [5, 5.41) is 12.1. The molecule has 0 aliphatic carbocycles. The summed E-state index contributed by atoms with van der Waals surface area (Å²) in [4.78, 5) is 2.41. The molecule has 15 aromatic rings. The number of furan rings is 1. The average Bonchev–Trinajstić information content (AvgIpc) is 4.06. The lowest BCUT2D eigenvalue weighted by Gasteiger charge is -2.29. The largest absolute Gasteiger partial charge is 0.455 e. The Kier molecular flexibility index (Phi) is 9.89. The number of rotatable bonds is 8. The molecule has 3 nitrogen and oxygen atoms in total. The van der Waals surface area contributed by atoms with Crippen LogP contribution in [-0.4, -0.2) is 4.57 Å². The minimum absolute atomic E-state index is 0.887. The lowest BCUT2D eigenvalue weighted by molar-refractivity contribution is 0.673. The van der Waals surface area contributed by atoms with E-state index in [4.69, 9.17) is 4.42 Å². The summed E-state index contributed by atoms with van der Waals surface area (Å²) in [7, 11) is 0. The van der Waals surface area contributed by atoms with Gasteiger partial charge in [-0.1, -0.05) is 194 Å². The van der Waals surface area contributed by atoms with Gasteiger partial charge in [-0.05, 0) is 151 Å². The van der Waals surface area contributed by atoms with Gasteiger partial charge in [-0.3, -0.25) is 0 Å². The number of hydrogen-bond acceptors (Lipinski definition) is 2. The van der Waals surface area contributed by atoms with E-state index in [2.05, 4.69) is 289 Å². The van der Waals surface area contributed by atoms with Gasteiger partial charge in [-0.2, -0.15) is 0 Å². The van der Waals surface area contributed by atoms with Gasteiger partial charge in [0.05, 0.1) is 16.7 Å². The highest BCUT2D eigenvalue weighted by molar-refractivity contribution is 6.15. The summed E-state index contributed by atoms with van der Waals surface area (Å²) in [6.45, 7) is 0. The molecule has 0 aliphatic rings. The molecular formula is C72H46N2O. The maximum atomic E-state index is 6.63. The van der Waals surface area contributed by atoms with Crippen molar-refractivity contribution >= 4 is 93.1 Å². The molecule has 0 aliphatic heterocycles. The molecule has 0 saturated heterocycles. The minimum atomic E-state index is 0.887. The molecule has 0 unspecified atom stereocenters. The normalized spacial score (nSPS) is 11.7. The van der Waals surface area contributed by atoms with Crippen LogP contribution in [0.25, 0.3) is 126 Å². The van der Waals surface area contributed by atoms with Crippen LogP contribution in [0.4, 0.5) is 17.1 Å². The molecule has 0 saturated carbocycles. The van der Waals surface area contributed by atoms with Crippen LogP contribution in [0.5, 0.6) is 0 Å². The first-order valence-corrected chi connectivity index (χ1v) is 25.7. The summed E-state index contributed by atoms with van der Waals surface area (Å²) in [5.74, 6) is 0. The van der Waals surface area contributed by atoms with Gasteiger partial charge in [-0.15, -0.1) is 0 Å². The lowest BCUT2D eigenvalue weighted by atomic mass is 9.94. The van der Waals surface area contributed by atoms with Gasteiger partial charge in [0.1, 0.15) is 11.2 Å². The van der Waals surface area contributed by atoms with E-state index in [1.54, 1.807) is 0 Å². The Balaban J connectivity index is 0.851. The third kappa shape index (κ3) is 7.20. The molecule has 13 aromatic carbocycles. The van der Waals surface area contributed by atoms with E-state index < -0.39 is 0 Å². The Morgan fingerprint density at radius 1 is 0.280 bits per heavy atom. The third-order valence-corrected chi connectivity index (χ3v) is 15.4. The van der Waals surface area contributed by atoms with Crippen LogP contribution >= 0.6 is 0 Å². The molecule has 350 valence electrons. The van der Waals surface area contributed by atoms with E-state index in [0.29, 0.717) is 0 Å². The second kappa shape index (κ2) is 17.4. The number of aromatic nitrogens is 1. The molecule has 0 atom stereocenters. The molecule has 0 N–H and O–H groups in total. The number of anilines is 3. The van der Waals surface area contributed by atoms with Crippen LogP contribution in [0.2, 0.25) is 0 Å². The van der Waals surface area contributed by atoms with E-state index in [1.165, 1.54) is 54.3 Å². The van der Waals surface area contributed by atoms with Crippen LogP contribution in [-0.2, 0) is 0 Å². The average molecular weight is 955 g/mol. The van der Waals surface area contributed by atoms with E-state index in [9.17, 15) is 0 Å². The van der Waals surface area contributed by atoms with Crippen molar-refractivity contribution in [2.45, 2.75) is 0 Å². The SMILES string of the molecule is c1ccc(-c2cc(-c3ccc4c(ccc5ccccc54)c3)ccc2N(c2ccc(-c3cccc(-n4c5ccccc5c5ccccc54)c3)cc2)c2ccc(-c3ccc4c(c3)oc3c5ccccc5ccc43)cc2)cc1. The van der Waals surface area contributed by atoms with Crippen LogP contribution in [0.15, 0.2) is 283 Å². The second-order valence-electron chi connectivity index (χ2n) is 19.6. The third-order valence-electron chi connectivity index (χ3n) is 15.4. The first-order valence-electron chi connectivity index (χ1n) is 25.7. The van der Waals surface area contributed by atoms with E-state index >= 15 is 0 Å². The standard InChI is InChI=1S/C72H46N2O/c1-2-13-49(14-3-1)67-45-54(53-32-39-61-56(43-53)26-25-50-15-4-6-19-60(50)61)34-42-70(67)73(58-37-29-48(30-38-58)55-33-40-65-66-41-31-51-16-5-7-20-62(51)72(66)75-71(65)46-55)57-35-27-47(28-36-57)52-17-12-18-59(44-52)74-68-23-10-8-21-63(68)64-22-9-11-24-69(64)74/h1-46H. The van der Waals surface area contributed by atoms with Crippen LogP contribution in [0, 0.1) is 0 Å². The monoisotopic (exact) mass is 954 g/mol. The molecular weight excluding hydrogens is 909 g/mol. The highest BCUT2D eigenvalue weighted by Crippen LogP contribution is 2.45. The Morgan fingerprint density at radius 2 is 0.773 bits per heavy atom. The van der Waals surface area contributed by atoms with E-state index in [1.807, 2.05) is 0 Å². The van der Waals surface area contributed by atoms with Gasteiger partial charge >= 0.3 is 0 Å². The summed E-state index contributed by atoms with van der Waals surface area (Å²) >= 11 is 0. The summed E-state index contributed by atoms with van der Waals surface area (Å²) in [5.41, 5.74) is 17.7. The molecule has 15 rings (SSSR count). The quantitative estimate of drug-likeness (QED) is 0.142. The Labute approximate surface area is 434 Å². The van der Waals surface area contributed by atoms with Crippen LogP contribution in [0.1, 0.15) is 0 Å². The molecule has 2 heterocycles. The van der Waals surface area contributed by atoms with Crippen molar-refractivity contribution in [1.82, 2.24) is 4.57 Å². The number of benzene rings is 13. The topological polar surface area (TPSA) is 21.3 Å². The smallest absolute Gasteiger partial charge is 0.143 e. The second-order valence-corrected chi connectivity index (χ2v) is 19.6. The van der Waals surface area contributed by atoms with Gasteiger partial charge < -0.3 is 13.9 Å². The maximum Gasteiger partial charge on any atom is 0.143 e.